The van der Waals surface area contributed by atoms with Gasteiger partial charge in [0.25, 0.3) is 0 Å². The monoisotopic (exact) mass is 131 g/mol. The van der Waals surface area contributed by atoms with E-state index in [9.17, 15) is 0 Å². The van der Waals surface area contributed by atoms with Crippen molar-refractivity contribution in [2.24, 2.45) is 0 Å². The van der Waals surface area contributed by atoms with E-state index in [2.05, 4.69) is 15.1 Å². The maximum absolute atomic E-state index is 3.15. The average Bonchev–Trinajstić information content (AvgIpc) is 1.64. The van der Waals surface area contributed by atoms with Gasteiger partial charge in [-0.05, 0) is 35.2 Å². The van der Waals surface area contributed by atoms with Crippen molar-refractivity contribution in [1.29, 1.82) is 0 Å². The Morgan fingerprint density at radius 3 is 1.33 bits per heavy atom. The summed E-state index contributed by atoms with van der Waals surface area (Å²) in [6, 6.07) is 0. The van der Waals surface area contributed by atoms with E-state index in [1.54, 1.807) is 0 Å². The molecule has 0 rings (SSSR count). The van der Waals surface area contributed by atoms with E-state index in [4.69, 9.17) is 0 Å². The summed E-state index contributed by atoms with van der Waals surface area (Å²) < 4.78 is 0. The smallest absolute Gasteiger partial charge is 0.115 e. The van der Waals surface area contributed by atoms with Crippen molar-refractivity contribution in [2.75, 3.05) is 35.2 Å². The van der Waals surface area contributed by atoms with Crippen molar-refractivity contribution >= 4 is 0 Å². The van der Waals surface area contributed by atoms with Gasteiger partial charge in [0.05, 0.1) is 0 Å². The lowest BCUT2D eigenvalue weighted by Crippen LogP contribution is -2.49. The van der Waals surface area contributed by atoms with E-state index in [-0.39, 0.29) is 0 Å². The standard InChI is InChI=1S/C6H17N3/c1-7-6(8(2)3)9(4)5/h6-7H,1-5H3. The van der Waals surface area contributed by atoms with Crippen LogP contribution in [-0.2, 0) is 0 Å². The zero-order valence-corrected chi connectivity index (χ0v) is 6.97. The fourth-order valence-corrected chi connectivity index (χ4v) is 0.978. The predicted octanol–water partition coefficient (Wildman–Crippen LogP) is -0.387. The fraction of sp³-hybridized carbons (Fsp3) is 1.00. The van der Waals surface area contributed by atoms with Crippen molar-refractivity contribution < 1.29 is 0 Å². The molecule has 3 nitrogen and oxygen atoms in total. The van der Waals surface area contributed by atoms with Gasteiger partial charge in [-0.1, -0.05) is 0 Å². The van der Waals surface area contributed by atoms with Gasteiger partial charge < -0.3 is 0 Å². The highest BCUT2D eigenvalue weighted by molar-refractivity contribution is 4.55. The predicted molar refractivity (Wildman–Crippen MR) is 40.2 cm³/mol. The Hall–Kier alpha value is -0.120. The SMILES string of the molecule is CNC(N(C)C)N(C)C. The van der Waals surface area contributed by atoms with Gasteiger partial charge in [-0.15, -0.1) is 0 Å². The molecule has 9 heavy (non-hydrogen) atoms. The zero-order valence-electron chi connectivity index (χ0n) is 6.97. The molecule has 0 aromatic carbocycles. The maximum atomic E-state index is 3.15. The number of hydrogen-bond donors (Lipinski definition) is 1. The lowest BCUT2D eigenvalue weighted by Gasteiger charge is -2.29. The van der Waals surface area contributed by atoms with Crippen LogP contribution in [0.25, 0.3) is 0 Å². The summed E-state index contributed by atoms with van der Waals surface area (Å²) in [5.74, 6) is 0. The molecular formula is C6H17N3. The van der Waals surface area contributed by atoms with Crippen molar-refractivity contribution in [1.82, 2.24) is 15.1 Å². The summed E-state index contributed by atoms with van der Waals surface area (Å²) in [4.78, 5) is 4.22. The Morgan fingerprint density at radius 2 is 1.33 bits per heavy atom. The summed E-state index contributed by atoms with van der Waals surface area (Å²) in [7, 11) is 10.1. The van der Waals surface area contributed by atoms with Gasteiger partial charge in [0, 0.05) is 0 Å². The molecule has 0 spiro atoms. The van der Waals surface area contributed by atoms with Crippen molar-refractivity contribution in [3.8, 4) is 0 Å². The molecule has 0 heterocycles. The first-order chi connectivity index (χ1) is 4.09. The lowest BCUT2D eigenvalue weighted by atomic mass is 10.6. The van der Waals surface area contributed by atoms with Crippen LogP contribution >= 0.6 is 0 Å². The summed E-state index contributed by atoms with van der Waals surface area (Å²) in [6.45, 7) is 0. The molecule has 0 aromatic heterocycles. The molecule has 0 fully saturated rings. The fourth-order valence-electron chi connectivity index (χ4n) is 0.978. The number of nitrogens with zero attached hydrogens (tertiary/aromatic N) is 2. The van der Waals surface area contributed by atoms with Gasteiger partial charge in [0.15, 0.2) is 0 Å². The second-order valence-corrected chi connectivity index (χ2v) is 2.59. The van der Waals surface area contributed by atoms with Crippen LogP contribution in [0.2, 0.25) is 0 Å². The molecule has 1 N–H and O–H groups in total. The molecule has 0 bridgehead atoms. The van der Waals surface area contributed by atoms with Gasteiger partial charge in [-0.25, -0.2) is 0 Å². The van der Waals surface area contributed by atoms with Gasteiger partial charge in [-0.3, -0.25) is 15.1 Å². The van der Waals surface area contributed by atoms with E-state index in [1.165, 1.54) is 0 Å². The topological polar surface area (TPSA) is 18.5 Å². The molecule has 0 aromatic rings. The number of rotatable bonds is 3. The van der Waals surface area contributed by atoms with Gasteiger partial charge in [-0.2, -0.15) is 0 Å². The Morgan fingerprint density at radius 1 is 1.00 bits per heavy atom. The van der Waals surface area contributed by atoms with Crippen molar-refractivity contribution in [2.45, 2.75) is 6.29 Å². The third kappa shape index (κ3) is 2.79. The lowest BCUT2D eigenvalue weighted by molar-refractivity contribution is 0.104. The van der Waals surface area contributed by atoms with Crippen LogP contribution in [0.5, 0.6) is 0 Å². The number of hydrogen-bond acceptors (Lipinski definition) is 3. The minimum atomic E-state index is 0.338. The Labute approximate surface area is 57.6 Å². The second kappa shape index (κ2) is 3.82. The molecule has 0 saturated carbocycles. The minimum absolute atomic E-state index is 0.338. The van der Waals surface area contributed by atoms with Crippen molar-refractivity contribution in [3.63, 3.8) is 0 Å². The summed E-state index contributed by atoms with van der Waals surface area (Å²) in [5, 5.41) is 3.15. The maximum Gasteiger partial charge on any atom is 0.115 e. The third-order valence-corrected chi connectivity index (χ3v) is 1.24. The van der Waals surface area contributed by atoms with Crippen LogP contribution < -0.4 is 5.32 Å². The quantitative estimate of drug-likeness (QED) is 0.526. The van der Waals surface area contributed by atoms with Crippen molar-refractivity contribution in [3.05, 3.63) is 0 Å². The van der Waals surface area contributed by atoms with Gasteiger partial charge in [0.2, 0.25) is 0 Å². The Kier molecular flexibility index (Phi) is 3.77. The number of nitrogens with one attached hydrogen (secondary N) is 1. The molecule has 0 aliphatic rings. The molecule has 0 unspecified atom stereocenters. The highest BCUT2D eigenvalue weighted by atomic mass is 15.4. The minimum Gasteiger partial charge on any atom is -0.292 e. The first kappa shape index (κ1) is 8.88. The molecule has 56 valence electrons. The first-order valence-electron chi connectivity index (χ1n) is 3.09. The third-order valence-electron chi connectivity index (χ3n) is 1.24. The Balaban J connectivity index is 3.68. The van der Waals surface area contributed by atoms with E-state index in [0.717, 1.165) is 0 Å². The zero-order chi connectivity index (χ0) is 7.44. The van der Waals surface area contributed by atoms with Crippen LogP contribution in [0.1, 0.15) is 0 Å². The van der Waals surface area contributed by atoms with Crippen LogP contribution in [0.3, 0.4) is 0 Å². The molecule has 0 amide bonds. The Bertz CT molecular complexity index is 62.7. The van der Waals surface area contributed by atoms with E-state index >= 15 is 0 Å². The van der Waals surface area contributed by atoms with Crippen LogP contribution in [0.15, 0.2) is 0 Å². The van der Waals surface area contributed by atoms with Crippen LogP contribution in [0.4, 0.5) is 0 Å². The highest BCUT2D eigenvalue weighted by Crippen LogP contribution is 1.89. The first-order valence-corrected chi connectivity index (χ1v) is 3.09. The van der Waals surface area contributed by atoms with Crippen LogP contribution in [-0.4, -0.2) is 51.3 Å². The van der Waals surface area contributed by atoms with Gasteiger partial charge in [0.1, 0.15) is 6.29 Å². The highest BCUT2D eigenvalue weighted by Gasteiger charge is 2.08. The van der Waals surface area contributed by atoms with E-state index in [1.807, 2.05) is 35.2 Å². The van der Waals surface area contributed by atoms with E-state index in [0.29, 0.717) is 6.29 Å². The normalized spacial score (nSPS) is 12.0. The molecular weight excluding hydrogens is 114 g/mol. The largest absolute Gasteiger partial charge is 0.292 e. The molecule has 0 saturated heterocycles. The summed E-state index contributed by atoms with van der Waals surface area (Å²) >= 11 is 0. The molecule has 3 heteroatoms. The molecule has 0 aliphatic heterocycles. The summed E-state index contributed by atoms with van der Waals surface area (Å²) in [5.41, 5.74) is 0. The average molecular weight is 131 g/mol. The molecule has 0 radical (unpaired) electrons. The van der Waals surface area contributed by atoms with Crippen LogP contribution in [0, 0.1) is 0 Å². The summed E-state index contributed by atoms with van der Waals surface area (Å²) in [6.07, 6.45) is 0.338. The molecule has 0 atom stereocenters. The second-order valence-electron chi connectivity index (χ2n) is 2.59. The van der Waals surface area contributed by atoms with Gasteiger partial charge >= 0.3 is 0 Å². The van der Waals surface area contributed by atoms with E-state index < -0.39 is 0 Å². The molecule has 0 aliphatic carbocycles.